The van der Waals surface area contributed by atoms with Gasteiger partial charge >= 0.3 is 0 Å². The van der Waals surface area contributed by atoms with E-state index in [0.29, 0.717) is 0 Å². The molecule has 2 aromatic rings. The first-order chi connectivity index (χ1) is 10.3. The summed E-state index contributed by atoms with van der Waals surface area (Å²) in [7, 11) is -4.18. The van der Waals surface area contributed by atoms with Gasteiger partial charge in [0.1, 0.15) is 5.82 Å². The number of sulfonamides is 1. The molecule has 0 aliphatic carbocycles. The van der Waals surface area contributed by atoms with E-state index in [0.717, 1.165) is 12.1 Å². The number of halogens is 2. The molecule has 2 rings (SSSR count). The van der Waals surface area contributed by atoms with Crippen molar-refractivity contribution in [2.24, 2.45) is 0 Å². The first-order valence-corrected chi connectivity index (χ1v) is 7.84. The summed E-state index contributed by atoms with van der Waals surface area (Å²) in [5.74, 6) is -0.573. The number of hydrogen-bond donors (Lipinski definition) is 1. The van der Waals surface area contributed by atoms with Crippen LogP contribution >= 0.6 is 11.6 Å². The summed E-state index contributed by atoms with van der Waals surface area (Å²) in [5, 5.41) is 11.0. The maximum Gasteiger partial charge on any atom is 0.290 e. The molecule has 0 unspecified atom stereocenters. The van der Waals surface area contributed by atoms with Gasteiger partial charge in [0.05, 0.1) is 4.92 Å². The molecule has 0 atom stereocenters. The number of nitro benzene ring substituents is 1. The maximum atomic E-state index is 13.5. The van der Waals surface area contributed by atoms with Crippen molar-refractivity contribution in [1.82, 2.24) is 4.72 Å². The van der Waals surface area contributed by atoms with E-state index < -0.39 is 31.3 Å². The molecule has 0 fully saturated rings. The molecule has 0 saturated carbocycles. The van der Waals surface area contributed by atoms with Gasteiger partial charge in [0, 0.05) is 23.2 Å². The fourth-order valence-electron chi connectivity index (χ4n) is 1.75. The molecule has 6 nitrogen and oxygen atoms in total. The van der Waals surface area contributed by atoms with Gasteiger partial charge in [-0.15, -0.1) is 0 Å². The van der Waals surface area contributed by atoms with E-state index in [1.165, 1.54) is 24.3 Å². The molecular formula is C13H10ClFN2O4S. The Morgan fingerprint density at radius 3 is 2.55 bits per heavy atom. The van der Waals surface area contributed by atoms with Gasteiger partial charge in [0.15, 0.2) is 4.90 Å². The van der Waals surface area contributed by atoms with Gasteiger partial charge in [0.2, 0.25) is 10.0 Å². The van der Waals surface area contributed by atoms with Crippen molar-refractivity contribution in [2.45, 2.75) is 11.4 Å². The second kappa shape index (κ2) is 6.39. The Balaban J connectivity index is 2.32. The van der Waals surface area contributed by atoms with Crippen molar-refractivity contribution in [1.29, 1.82) is 0 Å². The monoisotopic (exact) mass is 344 g/mol. The normalized spacial score (nSPS) is 11.4. The highest BCUT2D eigenvalue weighted by atomic mass is 35.5. The Kier molecular flexibility index (Phi) is 4.74. The maximum absolute atomic E-state index is 13.5. The van der Waals surface area contributed by atoms with Crippen LogP contribution in [0, 0.1) is 15.9 Å². The lowest BCUT2D eigenvalue weighted by molar-refractivity contribution is -0.387. The fourth-order valence-corrected chi connectivity index (χ4v) is 3.08. The summed E-state index contributed by atoms with van der Waals surface area (Å²) < 4.78 is 39.9. The van der Waals surface area contributed by atoms with Gasteiger partial charge in [-0.05, 0) is 18.2 Å². The molecule has 0 aliphatic rings. The molecular weight excluding hydrogens is 335 g/mol. The van der Waals surface area contributed by atoms with E-state index in [4.69, 9.17) is 11.6 Å². The third-order valence-corrected chi connectivity index (χ3v) is 4.50. The van der Waals surface area contributed by atoms with Crippen LogP contribution in [0.5, 0.6) is 0 Å². The SMILES string of the molecule is O=[N+]([O-])c1cc(Cl)ccc1S(=O)(=O)NCc1ccccc1F. The Morgan fingerprint density at radius 2 is 1.91 bits per heavy atom. The summed E-state index contributed by atoms with van der Waals surface area (Å²) in [6, 6.07) is 8.83. The smallest absolute Gasteiger partial charge is 0.258 e. The van der Waals surface area contributed by atoms with Gasteiger partial charge in [-0.3, -0.25) is 10.1 Å². The highest BCUT2D eigenvalue weighted by molar-refractivity contribution is 7.89. The largest absolute Gasteiger partial charge is 0.290 e. The van der Waals surface area contributed by atoms with Crippen LogP contribution in [0.15, 0.2) is 47.4 Å². The average Bonchev–Trinajstić information content (AvgIpc) is 2.46. The third-order valence-electron chi connectivity index (χ3n) is 2.82. The lowest BCUT2D eigenvalue weighted by Gasteiger charge is -2.08. The topological polar surface area (TPSA) is 89.3 Å². The number of nitrogens with one attached hydrogen (secondary N) is 1. The van der Waals surface area contributed by atoms with Crippen molar-refractivity contribution < 1.29 is 17.7 Å². The molecule has 0 aliphatic heterocycles. The van der Waals surface area contributed by atoms with Crippen LogP contribution in [0.25, 0.3) is 0 Å². The lowest BCUT2D eigenvalue weighted by Crippen LogP contribution is -2.24. The second-order valence-corrected chi connectivity index (χ2v) is 6.46. The minimum atomic E-state index is -4.18. The fraction of sp³-hybridized carbons (Fsp3) is 0.0769. The van der Waals surface area contributed by atoms with Gasteiger partial charge in [-0.25, -0.2) is 17.5 Å². The first-order valence-electron chi connectivity index (χ1n) is 5.98. The molecule has 1 N–H and O–H groups in total. The molecule has 0 bridgehead atoms. The number of benzene rings is 2. The Labute approximate surface area is 130 Å². The minimum Gasteiger partial charge on any atom is -0.258 e. The van der Waals surface area contributed by atoms with E-state index in [1.54, 1.807) is 6.07 Å². The quantitative estimate of drug-likeness (QED) is 0.667. The third kappa shape index (κ3) is 3.59. The number of rotatable bonds is 5. The van der Waals surface area contributed by atoms with Crippen LogP contribution in [0.4, 0.5) is 10.1 Å². The average molecular weight is 345 g/mol. The number of nitrogens with zero attached hydrogens (tertiary/aromatic N) is 1. The predicted molar refractivity (Wildman–Crippen MR) is 78.5 cm³/mol. The zero-order valence-corrected chi connectivity index (χ0v) is 12.6. The first kappa shape index (κ1) is 16.3. The number of nitro groups is 1. The van der Waals surface area contributed by atoms with Crippen LogP contribution in [0.1, 0.15) is 5.56 Å². The molecule has 0 spiro atoms. The molecule has 22 heavy (non-hydrogen) atoms. The van der Waals surface area contributed by atoms with E-state index in [-0.39, 0.29) is 17.1 Å². The number of hydrogen-bond acceptors (Lipinski definition) is 4. The summed E-state index contributed by atoms with van der Waals surface area (Å²) in [5.41, 5.74) is -0.517. The van der Waals surface area contributed by atoms with Crippen LogP contribution < -0.4 is 4.72 Å². The van der Waals surface area contributed by atoms with Gasteiger partial charge < -0.3 is 0 Å². The summed E-state index contributed by atoms with van der Waals surface area (Å²) in [4.78, 5) is 9.57. The molecule has 0 saturated heterocycles. The van der Waals surface area contributed by atoms with Crippen LogP contribution in [-0.2, 0) is 16.6 Å². The van der Waals surface area contributed by atoms with Crippen molar-refractivity contribution in [3.8, 4) is 0 Å². The van der Waals surface area contributed by atoms with E-state index in [9.17, 15) is 22.9 Å². The van der Waals surface area contributed by atoms with E-state index in [1.807, 2.05) is 0 Å². The molecule has 116 valence electrons. The Bertz CT molecular complexity index is 827. The molecule has 0 heterocycles. The highest BCUT2D eigenvalue weighted by Crippen LogP contribution is 2.27. The van der Waals surface area contributed by atoms with Crippen LogP contribution in [-0.4, -0.2) is 13.3 Å². The molecule has 0 radical (unpaired) electrons. The lowest BCUT2D eigenvalue weighted by atomic mass is 10.2. The van der Waals surface area contributed by atoms with E-state index in [2.05, 4.69) is 4.72 Å². The van der Waals surface area contributed by atoms with Gasteiger partial charge in [-0.1, -0.05) is 29.8 Å². The van der Waals surface area contributed by atoms with Crippen LogP contribution in [0.3, 0.4) is 0 Å². The van der Waals surface area contributed by atoms with Gasteiger partial charge in [-0.2, -0.15) is 0 Å². The zero-order chi connectivity index (χ0) is 16.3. The van der Waals surface area contributed by atoms with Crippen LogP contribution in [0.2, 0.25) is 5.02 Å². The second-order valence-electron chi connectivity index (χ2n) is 4.29. The van der Waals surface area contributed by atoms with Gasteiger partial charge in [0.25, 0.3) is 5.69 Å². The zero-order valence-electron chi connectivity index (χ0n) is 11.0. The summed E-state index contributed by atoms with van der Waals surface area (Å²) in [6.07, 6.45) is 0. The Hall–Kier alpha value is -2.03. The minimum absolute atomic E-state index is 0.0414. The molecule has 9 heteroatoms. The highest BCUT2D eigenvalue weighted by Gasteiger charge is 2.26. The summed E-state index contributed by atoms with van der Waals surface area (Å²) in [6.45, 7) is -0.325. The molecule has 2 aromatic carbocycles. The molecule has 0 aromatic heterocycles. The molecule has 0 amide bonds. The standard InChI is InChI=1S/C13H10ClFN2O4S/c14-10-5-6-13(12(7-10)17(18)19)22(20,21)16-8-9-3-1-2-4-11(9)15/h1-7,16H,8H2. The van der Waals surface area contributed by atoms with Crippen molar-refractivity contribution in [3.05, 3.63) is 69.0 Å². The van der Waals surface area contributed by atoms with E-state index >= 15 is 0 Å². The van der Waals surface area contributed by atoms with Crippen molar-refractivity contribution in [3.63, 3.8) is 0 Å². The van der Waals surface area contributed by atoms with Crippen molar-refractivity contribution >= 4 is 27.3 Å². The van der Waals surface area contributed by atoms with Crippen molar-refractivity contribution in [2.75, 3.05) is 0 Å². The summed E-state index contributed by atoms with van der Waals surface area (Å²) >= 11 is 5.64. The Morgan fingerprint density at radius 1 is 1.23 bits per heavy atom. The predicted octanol–water partition coefficient (Wildman–Crippen LogP) is 2.87.